The average Bonchev–Trinajstić information content (AvgIpc) is 2.55. The zero-order valence-corrected chi connectivity index (χ0v) is 16.6. The maximum absolute atomic E-state index is 12.3. The molecule has 0 spiro atoms. The van der Waals surface area contributed by atoms with Crippen LogP contribution in [-0.2, 0) is 4.79 Å². The second kappa shape index (κ2) is 11.6. The van der Waals surface area contributed by atoms with Crippen LogP contribution in [0.1, 0.15) is 58.3 Å². The van der Waals surface area contributed by atoms with Gasteiger partial charge in [-0.05, 0) is 41.1 Å². The van der Waals surface area contributed by atoms with E-state index in [4.69, 9.17) is 4.74 Å². The Balaban J connectivity index is 2.33. The first-order chi connectivity index (χ1) is 11.8. The minimum atomic E-state index is -4.91. The fraction of sp³-hybridized carbons (Fsp3) is 0.611. The summed E-state index contributed by atoms with van der Waals surface area (Å²) >= 11 is 1.87. The maximum Gasteiger partial charge on any atom is 0.471 e. The molecule has 0 atom stereocenters. The van der Waals surface area contributed by atoms with E-state index in [1.165, 1.54) is 44.6 Å². The SMILES string of the molecule is CCCCCCCCCCOc1ccc(I)c(NC(=O)C(F)(F)F)c1. The number of carbonyl (C=O) groups excluding carboxylic acids is 1. The number of rotatable bonds is 11. The average molecular weight is 471 g/mol. The molecular weight excluding hydrogens is 446 g/mol. The van der Waals surface area contributed by atoms with E-state index in [0.717, 1.165) is 12.8 Å². The number of amides is 1. The summed E-state index contributed by atoms with van der Waals surface area (Å²) in [5, 5.41) is 1.87. The smallest absolute Gasteiger partial charge is 0.471 e. The second-order valence-electron chi connectivity index (χ2n) is 5.92. The van der Waals surface area contributed by atoms with Crippen molar-refractivity contribution >= 4 is 34.2 Å². The summed E-state index contributed by atoms with van der Waals surface area (Å²) in [4.78, 5) is 11.0. The van der Waals surface area contributed by atoms with E-state index in [0.29, 0.717) is 15.9 Å². The number of hydrogen-bond acceptors (Lipinski definition) is 2. The molecule has 1 aromatic carbocycles. The van der Waals surface area contributed by atoms with E-state index in [9.17, 15) is 18.0 Å². The van der Waals surface area contributed by atoms with Crippen LogP contribution in [0.4, 0.5) is 18.9 Å². The minimum absolute atomic E-state index is 0.108. The van der Waals surface area contributed by atoms with Crippen LogP contribution in [-0.4, -0.2) is 18.7 Å². The lowest BCUT2D eigenvalue weighted by Gasteiger charge is -2.12. The molecule has 0 radical (unpaired) electrons. The molecule has 0 aliphatic rings. The summed E-state index contributed by atoms with van der Waals surface area (Å²) in [6.45, 7) is 2.71. The number of nitrogens with one attached hydrogen (secondary N) is 1. The van der Waals surface area contributed by atoms with Crippen LogP contribution >= 0.6 is 22.6 Å². The van der Waals surface area contributed by atoms with Gasteiger partial charge in [0.25, 0.3) is 0 Å². The molecule has 0 heterocycles. The first-order valence-electron chi connectivity index (χ1n) is 8.65. The highest BCUT2D eigenvalue weighted by Gasteiger charge is 2.38. The molecule has 1 rings (SSSR count). The van der Waals surface area contributed by atoms with Gasteiger partial charge in [0, 0.05) is 9.64 Å². The van der Waals surface area contributed by atoms with Gasteiger partial charge in [0.05, 0.1) is 12.3 Å². The molecular formula is C18H25F3INO2. The van der Waals surface area contributed by atoms with E-state index >= 15 is 0 Å². The third kappa shape index (κ3) is 9.32. The van der Waals surface area contributed by atoms with Gasteiger partial charge in [-0.1, -0.05) is 51.9 Å². The second-order valence-corrected chi connectivity index (χ2v) is 7.08. The number of hydrogen-bond donors (Lipinski definition) is 1. The Morgan fingerprint density at radius 2 is 1.68 bits per heavy atom. The first-order valence-corrected chi connectivity index (χ1v) is 9.73. The van der Waals surface area contributed by atoms with Gasteiger partial charge in [-0.15, -0.1) is 0 Å². The van der Waals surface area contributed by atoms with Gasteiger partial charge in [-0.2, -0.15) is 13.2 Å². The molecule has 0 aliphatic carbocycles. The molecule has 1 amide bonds. The van der Waals surface area contributed by atoms with Gasteiger partial charge in [0.1, 0.15) is 5.75 Å². The van der Waals surface area contributed by atoms with Gasteiger partial charge in [0.15, 0.2) is 0 Å². The standard InChI is InChI=1S/C18H25F3INO2/c1-2-3-4-5-6-7-8-9-12-25-14-10-11-15(22)16(13-14)23-17(24)18(19,20)21/h10-11,13H,2-9,12H2,1H3,(H,23,24). The summed E-state index contributed by atoms with van der Waals surface area (Å²) in [5.41, 5.74) is 0.108. The number of ether oxygens (including phenoxy) is 1. The zero-order chi connectivity index (χ0) is 18.7. The lowest BCUT2D eigenvalue weighted by atomic mass is 10.1. The highest BCUT2D eigenvalue weighted by molar-refractivity contribution is 14.1. The predicted molar refractivity (Wildman–Crippen MR) is 102 cm³/mol. The van der Waals surface area contributed by atoms with Crippen LogP contribution < -0.4 is 10.1 Å². The molecule has 0 aromatic heterocycles. The van der Waals surface area contributed by atoms with Crippen LogP contribution in [0, 0.1) is 3.57 Å². The molecule has 0 bridgehead atoms. The molecule has 25 heavy (non-hydrogen) atoms. The van der Waals surface area contributed by atoms with Gasteiger partial charge in [0.2, 0.25) is 0 Å². The van der Waals surface area contributed by atoms with E-state index in [-0.39, 0.29) is 5.69 Å². The number of alkyl halides is 3. The molecule has 1 N–H and O–H groups in total. The van der Waals surface area contributed by atoms with Crippen molar-refractivity contribution in [2.45, 2.75) is 64.5 Å². The summed E-state index contributed by atoms with van der Waals surface area (Å²) in [6.07, 6.45) is 4.59. The van der Waals surface area contributed by atoms with Crippen molar-refractivity contribution in [3.63, 3.8) is 0 Å². The monoisotopic (exact) mass is 471 g/mol. The number of anilines is 1. The Morgan fingerprint density at radius 1 is 1.08 bits per heavy atom. The van der Waals surface area contributed by atoms with Gasteiger partial charge >= 0.3 is 12.1 Å². The molecule has 0 saturated heterocycles. The fourth-order valence-corrected chi connectivity index (χ4v) is 2.78. The third-order valence-electron chi connectivity index (χ3n) is 3.71. The van der Waals surface area contributed by atoms with Crippen molar-refractivity contribution in [2.75, 3.05) is 11.9 Å². The van der Waals surface area contributed by atoms with Crippen LogP contribution in [0.25, 0.3) is 0 Å². The molecule has 1 aromatic rings. The van der Waals surface area contributed by atoms with E-state index in [2.05, 4.69) is 6.92 Å². The number of carbonyl (C=O) groups is 1. The Bertz CT molecular complexity index is 536. The fourth-order valence-electron chi connectivity index (χ4n) is 2.31. The van der Waals surface area contributed by atoms with Crippen LogP contribution in [0.2, 0.25) is 0 Å². The topological polar surface area (TPSA) is 38.3 Å². The molecule has 3 nitrogen and oxygen atoms in total. The van der Waals surface area contributed by atoms with Crippen molar-refractivity contribution < 1.29 is 22.7 Å². The lowest BCUT2D eigenvalue weighted by Crippen LogP contribution is -2.30. The number of halogens is 4. The van der Waals surface area contributed by atoms with Gasteiger partial charge in [-0.25, -0.2) is 0 Å². The third-order valence-corrected chi connectivity index (χ3v) is 4.65. The Hall–Kier alpha value is -0.990. The highest BCUT2D eigenvalue weighted by atomic mass is 127. The van der Waals surface area contributed by atoms with Crippen molar-refractivity contribution in [1.29, 1.82) is 0 Å². The van der Waals surface area contributed by atoms with Gasteiger partial charge in [-0.3, -0.25) is 4.79 Å². The summed E-state index contributed by atoms with van der Waals surface area (Å²) in [6, 6.07) is 4.74. The molecule has 0 fully saturated rings. The molecule has 0 aliphatic heterocycles. The molecule has 7 heteroatoms. The van der Waals surface area contributed by atoms with Crippen LogP contribution in [0.5, 0.6) is 5.75 Å². The van der Waals surface area contributed by atoms with Crippen molar-refractivity contribution in [2.24, 2.45) is 0 Å². The summed E-state index contributed by atoms with van der Waals surface area (Å²) in [5.74, 6) is -1.52. The Kier molecular flexibility index (Phi) is 10.2. The van der Waals surface area contributed by atoms with Crippen molar-refractivity contribution in [3.8, 4) is 5.75 Å². The van der Waals surface area contributed by atoms with Crippen molar-refractivity contribution in [3.05, 3.63) is 21.8 Å². The lowest BCUT2D eigenvalue weighted by molar-refractivity contribution is -0.167. The van der Waals surface area contributed by atoms with Crippen LogP contribution in [0.3, 0.4) is 0 Å². The zero-order valence-electron chi connectivity index (χ0n) is 14.4. The van der Waals surface area contributed by atoms with E-state index in [1.54, 1.807) is 12.1 Å². The quantitative estimate of drug-likeness (QED) is 0.304. The normalized spacial score (nSPS) is 11.4. The summed E-state index contributed by atoms with van der Waals surface area (Å²) in [7, 11) is 0. The highest BCUT2D eigenvalue weighted by Crippen LogP contribution is 2.26. The van der Waals surface area contributed by atoms with E-state index in [1.807, 2.05) is 27.9 Å². The van der Waals surface area contributed by atoms with Crippen molar-refractivity contribution in [1.82, 2.24) is 0 Å². The van der Waals surface area contributed by atoms with Crippen LogP contribution in [0.15, 0.2) is 18.2 Å². The van der Waals surface area contributed by atoms with E-state index < -0.39 is 12.1 Å². The number of unbranched alkanes of at least 4 members (excludes halogenated alkanes) is 7. The predicted octanol–water partition coefficient (Wildman–Crippen LogP) is 6.31. The Morgan fingerprint density at radius 3 is 2.28 bits per heavy atom. The largest absolute Gasteiger partial charge is 0.494 e. The molecule has 0 saturated carbocycles. The minimum Gasteiger partial charge on any atom is -0.494 e. The molecule has 142 valence electrons. The Labute approximate surface area is 160 Å². The molecule has 0 unspecified atom stereocenters. The first kappa shape index (κ1) is 22.1. The summed E-state index contributed by atoms with van der Waals surface area (Å²) < 4.78 is 43.1. The number of benzene rings is 1. The van der Waals surface area contributed by atoms with Gasteiger partial charge < -0.3 is 10.1 Å². The maximum atomic E-state index is 12.3.